The largest absolute Gasteiger partial charge is 0.381 e. The Morgan fingerprint density at radius 3 is 2.84 bits per heavy atom. The second-order valence-corrected chi connectivity index (χ2v) is 6.13. The number of allylic oxidation sites excluding steroid dienone is 4. The van der Waals surface area contributed by atoms with Crippen LogP contribution in [0.1, 0.15) is 36.4 Å². The first kappa shape index (κ1) is 13.0. The molecule has 0 amide bonds. The van der Waals surface area contributed by atoms with Gasteiger partial charge in [0, 0.05) is 30.6 Å². The zero-order valence-electron chi connectivity index (χ0n) is 11.1. The van der Waals surface area contributed by atoms with Gasteiger partial charge in [0.1, 0.15) is 5.01 Å². The molecular formula is C15H20N2OS. The average Bonchev–Trinajstić information content (AvgIpc) is 2.99. The minimum Gasteiger partial charge on any atom is -0.381 e. The van der Waals surface area contributed by atoms with E-state index in [4.69, 9.17) is 15.5 Å². The van der Waals surface area contributed by atoms with Crippen LogP contribution in [-0.2, 0) is 10.2 Å². The highest BCUT2D eigenvalue weighted by atomic mass is 32.1. The first-order valence-corrected chi connectivity index (χ1v) is 7.83. The van der Waals surface area contributed by atoms with Crippen LogP contribution in [0.3, 0.4) is 0 Å². The van der Waals surface area contributed by atoms with Crippen molar-refractivity contribution in [2.24, 2.45) is 5.73 Å². The summed E-state index contributed by atoms with van der Waals surface area (Å²) in [6.45, 7) is 2.27. The molecule has 1 aliphatic carbocycles. The van der Waals surface area contributed by atoms with Crippen molar-refractivity contribution >= 4 is 16.9 Å². The zero-order chi connectivity index (χ0) is 13.1. The van der Waals surface area contributed by atoms with E-state index in [2.05, 4.69) is 23.6 Å². The Balaban J connectivity index is 1.87. The van der Waals surface area contributed by atoms with Crippen LogP contribution in [0.2, 0.25) is 0 Å². The van der Waals surface area contributed by atoms with E-state index in [0.717, 1.165) is 44.6 Å². The number of hydrogen-bond donors (Lipinski definition) is 1. The van der Waals surface area contributed by atoms with Crippen LogP contribution >= 0.6 is 11.3 Å². The van der Waals surface area contributed by atoms with Gasteiger partial charge in [-0.3, -0.25) is 0 Å². The van der Waals surface area contributed by atoms with Gasteiger partial charge in [-0.05, 0) is 31.3 Å². The predicted octanol–water partition coefficient (Wildman–Crippen LogP) is 2.88. The van der Waals surface area contributed by atoms with Gasteiger partial charge in [-0.25, -0.2) is 4.98 Å². The third-order valence-corrected chi connectivity index (χ3v) is 5.18. The Morgan fingerprint density at radius 1 is 1.32 bits per heavy atom. The second kappa shape index (κ2) is 5.57. The molecule has 1 saturated heterocycles. The fourth-order valence-corrected chi connectivity index (χ4v) is 3.82. The Bertz CT molecular complexity index is 498. The van der Waals surface area contributed by atoms with E-state index in [1.807, 2.05) is 0 Å². The van der Waals surface area contributed by atoms with Crippen molar-refractivity contribution in [1.29, 1.82) is 0 Å². The van der Waals surface area contributed by atoms with Crippen LogP contribution in [-0.4, -0.2) is 24.7 Å². The molecule has 3 rings (SSSR count). The Morgan fingerprint density at radius 2 is 2.16 bits per heavy atom. The molecule has 1 aromatic rings. The van der Waals surface area contributed by atoms with Crippen molar-refractivity contribution in [2.75, 3.05) is 19.8 Å². The van der Waals surface area contributed by atoms with E-state index in [9.17, 15) is 0 Å². The molecule has 102 valence electrons. The quantitative estimate of drug-likeness (QED) is 0.923. The smallest absolute Gasteiger partial charge is 0.101 e. The van der Waals surface area contributed by atoms with E-state index >= 15 is 0 Å². The van der Waals surface area contributed by atoms with Crippen LogP contribution < -0.4 is 5.73 Å². The lowest BCUT2D eigenvalue weighted by Crippen LogP contribution is -2.40. The highest BCUT2D eigenvalue weighted by Gasteiger charge is 2.36. The molecule has 1 aliphatic heterocycles. The van der Waals surface area contributed by atoms with Crippen LogP contribution in [0, 0.1) is 0 Å². The van der Waals surface area contributed by atoms with E-state index in [-0.39, 0.29) is 5.41 Å². The van der Waals surface area contributed by atoms with E-state index in [1.165, 1.54) is 10.6 Å². The maximum atomic E-state index is 6.04. The van der Waals surface area contributed by atoms with Gasteiger partial charge in [-0.2, -0.15) is 0 Å². The number of ether oxygens (including phenoxy) is 1. The molecule has 2 aliphatic rings. The maximum Gasteiger partial charge on any atom is 0.101 e. The summed E-state index contributed by atoms with van der Waals surface area (Å²) in [7, 11) is 0. The van der Waals surface area contributed by atoms with Crippen molar-refractivity contribution in [3.8, 4) is 0 Å². The summed E-state index contributed by atoms with van der Waals surface area (Å²) in [6.07, 6.45) is 10.9. The number of nitrogens with two attached hydrogens (primary N) is 1. The molecule has 19 heavy (non-hydrogen) atoms. The first-order chi connectivity index (χ1) is 9.34. The molecule has 0 saturated carbocycles. The average molecular weight is 276 g/mol. The lowest BCUT2D eigenvalue weighted by atomic mass is 9.81. The SMILES string of the molecule is NCC1(c2nc(C3=CCCC=C3)cs2)CCOCC1. The van der Waals surface area contributed by atoms with Crippen LogP contribution in [0.5, 0.6) is 0 Å². The molecule has 4 heteroatoms. The first-order valence-electron chi connectivity index (χ1n) is 6.95. The molecule has 0 bridgehead atoms. The van der Waals surface area contributed by atoms with Crippen molar-refractivity contribution in [1.82, 2.24) is 4.98 Å². The molecule has 0 spiro atoms. The van der Waals surface area contributed by atoms with Crippen molar-refractivity contribution in [3.05, 3.63) is 34.3 Å². The molecule has 0 atom stereocenters. The summed E-state index contributed by atoms with van der Waals surface area (Å²) in [5.74, 6) is 0. The second-order valence-electron chi connectivity index (χ2n) is 5.27. The lowest BCUT2D eigenvalue weighted by Gasteiger charge is -2.34. The highest BCUT2D eigenvalue weighted by Crippen LogP contribution is 2.37. The molecule has 1 fully saturated rings. The topological polar surface area (TPSA) is 48.1 Å². The number of rotatable bonds is 3. The third kappa shape index (κ3) is 2.53. The number of thiazole rings is 1. The number of hydrogen-bond acceptors (Lipinski definition) is 4. The van der Waals surface area contributed by atoms with Gasteiger partial charge >= 0.3 is 0 Å². The fourth-order valence-electron chi connectivity index (χ4n) is 2.72. The number of nitrogens with zero attached hydrogens (tertiary/aromatic N) is 1. The molecule has 2 heterocycles. The van der Waals surface area contributed by atoms with Gasteiger partial charge in [0.15, 0.2) is 0 Å². The van der Waals surface area contributed by atoms with Crippen molar-refractivity contribution in [2.45, 2.75) is 31.1 Å². The summed E-state index contributed by atoms with van der Waals surface area (Å²) in [5, 5.41) is 3.36. The van der Waals surface area contributed by atoms with Gasteiger partial charge in [0.05, 0.1) is 5.69 Å². The fraction of sp³-hybridized carbons (Fsp3) is 0.533. The summed E-state index contributed by atoms with van der Waals surface area (Å²) in [5.41, 5.74) is 8.45. The van der Waals surface area contributed by atoms with Crippen molar-refractivity contribution < 1.29 is 4.74 Å². The van der Waals surface area contributed by atoms with E-state index < -0.39 is 0 Å². The molecule has 0 unspecified atom stereocenters. The number of aromatic nitrogens is 1. The lowest BCUT2D eigenvalue weighted by molar-refractivity contribution is 0.0528. The summed E-state index contributed by atoms with van der Waals surface area (Å²) < 4.78 is 5.47. The summed E-state index contributed by atoms with van der Waals surface area (Å²) >= 11 is 1.75. The van der Waals surface area contributed by atoms with Crippen LogP contribution in [0.25, 0.3) is 5.57 Å². The minimum atomic E-state index is 0.0418. The van der Waals surface area contributed by atoms with Gasteiger partial charge in [0.2, 0.25) is 0 Å². The molecule has 1 aromatic heterocycles. The maximum absolute atomic E-state index is 6.04. The minimum absolute atomic E-state index is 0.0418. The van der Waals surface area contributed by atoms with E-state index in [0.29, 0.717) is 6.54 Å². The summed E-state index contributed by atoms with van der Waals surface area (Å²) in [4.78, 5) is 4.86. The van der Waals surface area contributed by atoms with Crippen LogP contribution in [0.4, 0.5) is 0 Å². The predicted molar refractivity (Wildman–Crippen MR) is 79.3 cm³/mol. The Labute approximate surface area is 118 Å². The Hall–Kier alpha value is -0.970. The molecule has 3 nitrogen and oxygen atoms in total. The van der Waals surface area contributed by atoms with Gasteiger partial charge in [-0.1, -0.05) is 18.2 Å². The zero-order valence-corrected chi connectivity index (χ0v) is 11.9. The third-order valence-electron chi connectivity index (χ3n) is 4.09. The highest BCUT2D eigenvalue weighted by molar-refractivity contribution is 7.10. The molecule has 2 N–H and O–H groups in total. The molecule has 0 aromatic carbocycles. The van der Waals surface area contributed by atoms with Gasteiger partial charge < -0.3 is 10.5 Å². The normalized spacial score (nSPS) is 22.3. The summed E-state index contributed by atoms with van der Waals surface area (Å²) in [6, 6.07) is 0. The van der Waals surface area contributed by atoms with E-state index in [1.54, 1.807) is 11.3 Å². The Kier molecular flexibility index (Phi) is 3.82. The van der Waals surface area contributed by atoms with Crippen molar-refractivity contribution in [3.63, 3.8) is 0 Å². The molecular weight excluding hydrogens is 256 g/mol. The standard InChI is InChI=1S/C15H20N2OS/c16-11-15(6-8-18-9-7-15)14-17-13(10-19-14)12-4-2-1-3-5-12/h2,4-5,10H,1,3,6-9,11,16H2. The van der Waals surface area contributed by atoms with Crippen LogP contribution in [0.15, 0.2) is 23.6 Å². The van der Waals surface area contributed by atoms with Gasteiger partial charge in [-0.15, -0.1) is 11.3 Å². The van der Waals surface area contributed by atoms with Gasteiger partial charge in [0.25, 0.3) is 0 Å². The monoisotopic (exact) mass is 276 g/mol. The molecule has 0 radical (unpaired) electrons.